The average molecular weight is 416 g/mol. The summed E-state index contributed by atoms with van der Waals surface area (Å²) < 4.78 is 34.2. The minimum Gasteiger partial charge on any atom is -0.493 e. The minimum absolute atomic E-state index is 0.104. The fraction of sp³-hybridized carbons (Fsp3) is 0.455. The number of aliphatic hydroxyl groups excluding tert-OH is 1. The first-order valence-electron chi connectivity index (χ1n) is 9.99. The Morgan fingerprint density at radius 2 is 1.83 bits per heavy atom. The summed E-state index contributed by atoms with van der Waals surface area (Å²) in [7, 11) is 6.92. The standard InChI is InChI=1S/C22H25NO7/c1-23-8-7-11-9-14-20(29-10-28-14)21(27-4)15(11)17(23)18-12-5-6-13(25-2)19(26-3)16(12)22(24)30-18/h5-6,9,17-18,22,24H,7-8,10H2,1-4H3/p+1/t17-,18-,22+/m0/s1. The molecule has 2 aromatic rings. The minimum atomic E-state index is -1.10. The number of nitrogens with one attached hydrogen (secondary N) is 1. The molecule has 8 heteroatoms. The SMILES string of the molecule is COc1ccc2c(c1OC)[C@H](O)O[C@@H]2[C@@H]1c2c(cc3c(c2OC)OCO3)CC[NH+]1C. The van der Waals surface area contributed by atoms with Crippen LogP contribution >= 0.6 is 0 Å². The van der Waals surface area contributed by atoms with Gasteiger partial charge in [-0.25, -0.2) is 0 Å². The molecule has 2 aromatic carbocycles. The van der Waals surface area contributed by atoms with Gasteiger partial charge in [0.2, 0.25) is 12.5 Å². The predicted octanol–water partition coefficient (Wildman–Crippen LogP) is 1.32. The van der Waals surface area contributed by atoms with Gasteiger partial charge in [-0.15, -0.1) is 0 Å². The third-order valence-electron chi connectivity index (χ3n) is 6.33. The Kier molecular flexibility index (Phi) is 4.65. The highest BCUT2D eigenvalue weighted by atomic mass is 16.7. The number of quaternary nitrogens is 1. The van der Waals surface area contributed by atoms with Crippen molar-refractivity contribution in [2.24, 2.45) is 0 Å². The number of benzene rings is 2. The van der Waals surface area contributed by atoms with E-state index in [4.69, 9.17) is 28.4 Å². The second-order valence-electron chi connectivity index (χ2n) is 7.75. The molecule has 3 aliphatic heterocycles. The van der Waals surface area contributed by atoms with Crippen LogP contribution in [0.15, 0.2) is 18.2 Å². The van der Waals surface area contributed by atoms with Gasteiger partial charge in [0, 0.05) is 6.42 Å². The zero-order valence-electron chi connectivity index (χ0n) is 17.5. The van der Waals surface area contributed by atoms with Crippen LogP contribution in [0.4, 0.5) is 0 Å². The van der Waals surface area contributed by atoms with Gasteiger partial charge in [0.15, 0.2) is 29.3 Å². The largest absolute Gasteiger partial charge is 0.493 e. The fourth-order valence-electron chi connectivity index (χ4n) is 4.98. The number of hydrogen-bond donors (Lipinski definition) is 2. The zero-order valence-corrected chi connectivity index (χ0v) is 17.5. The van der Waals surface area contributed by atoms with Crippen LogP contribution in [-0.2, 0) is 11.2 Å². The van der Waals surface area contributed by atoms with Crippen molar-refractivity contribution < 1.29 is 38.4 Å². The van der Waals surface area contributed by atoms with E-state index in [0.29, 0.717) is 34.3 Å². The second-order valence-corrected chi connectivity index (χ2v) is 7.75. The van der Waals surface area contributed by atoms with Gasteiger partial charge in [0.1, 0.15) is 12.1 Å². The van der Waals surface area contributed by atoms with Crippen molar-refractivity contribution >= 4 is 0 Å². The number of rotatable bonds is 4. The van der Waals surface area contributed by atoms with Crippen LogP contribution in [0.25, 0.3) is 0 Å². The summed E-state index contributed by atoms with van der Waals surface area (Å²) in [5.41, 5.74) is 3.68. The smallest absolute Gasteiger partial charge is 0.231 e. The topological polar surface area (TPSA) is 80.1 Å². The summed E-state index contributed by atoms with van der Waals surface area (Å²) in [6.07, 6.45) is -0.602. The molecule has 160 valence electrons. The van der Waals surface area contributed by atoms with Crippen LogP contribution in [0, 0.1) is 0 Å². The van der Waals surface area contributed by atoms with E-state index < -0.39 is 6.29 Å². The van der Waals surface area contributed by atoms with E-state index in [1.165, 1.54) is 4.90 Å². The zero-order chi connectivity index (χ0) is 21.0. The number of likely N-dealkylation sites (N-methyl/N-ethyl adjacent to an activating group) is 1. The van der Waals surface area contributed by atoms with E-state index in [1.54, 1.807) is 21.3 Å². The van der Waals surface area contributed by atoms with Crippen LogP contribution < -0.4 is 28.6 Å². The molecule has 0 saturated heterocycles. The maximum absolute atomic E-state index is 10.8. The third kappa shape index (κ3) is 2.64. The Morgan fingerprint density at radius 3 is 2.57 bits per heavy atom. The summed E-state index contributed by atoms with van der Waals surface area (Å²) in [5, 5.41) is 10.8. The molecule has 3 heterocycles. The molecule has 0 radical (unpaired) electrons. The first kappa shape index (κ1) is 19.3. The molecule has 30 heavy (non-hydrogen) atoms. The van der Waals surface area contributed by atoms with Crippen molar-refractivity contribution in [2.75, 3.05) is 41.7 Å². The molecule has 5 rings (SSSR count). The number of ether oxygens (including phenoxy) is 6. The quantitative estimate of drug-likeness (QED) is 0.778. The summed E-state index contributed by atoms with van der Waals surface area (Å²) in [5.74, 6) is 3.07. The van der Waals surface area contributed by atoms with Crippen LogP contribution in [-0.4, -0.2) is 46.8 Å². The van der Waals surface area contributed by atoms with Crippen molar-refractivity contribution in [1.82, 2.24) is 0 Å². The van der Waals surface area contributed by atoms with Crippen molar-refractivity contribution in [3.05, 3.63) is 40.5 Å². The van der Waals surface area contributed by atoms with Gasteiger partial charge in [-0.3, -0.25) is 0 Å². The van der Waals surface area contributed by atoms with Gasteiger partial charge in [0.05, 0.1) is 46.0 Å². The molecule has 0 fully saturated rings. The first-order valence-corrected chi connectivity index (χ1v) is 9.99. The highest BCUT2D eigenvalue weighted by molar-refractivity contribution is 5.62. The van der Waals surface area contributed by atoms with Gasteiger partial charge < -0.3 is 38.4 Å². The van der Waals surface area contributed by atoms with E-state index in [1.807, 2.05) is 18.2 Å². The average Bonchev–Trinajstić information content (AvgIpc) is 3.35. The highest BCUT2D eigenvalue weighted by Gasteiger charge is 2.47. The fourth-order valence-corrected chi connectivity index (χ4v) is 4.98. The van der Waals surface area contributed by atoms with E-state index in [0.717, 1.165) is 29.7 Å². The summed E-state index contributed by atoms with van der Waals surface area (Å²) >= 11 is 0. The van der Waals surface area contributed by atoms with Crippen LogP contribution in [0.1, 0.15) is 40.7 Å². The van der Waals surface area contributed by atoms with Gasteiger partial charge >= 0.3 is 0 Å². The summed E-state index contributed by atoms with van der Waals surface area (Å²) in [6.45, 7) is 1.10. The molecule has 1 unspecified atom stereocenters. The molecule has 0 bridgehead atoms. The van der Waals surface area contributed by atoms with Crippen molar-refractivity contribution in [1.29, 1.82) is 0 Å². The molecule has 2 N–H and O–H groups in total. The Hall–Kier alpha value is -2.68. The number of hydrogen-bond acceptors (Lipinski definition) is 7. The first-order chi connectivity index (χ1) is 14.6. The lowest BCUT2D eigenvalue weighted by atomic mass is 9.85. The second kappa shape index (κ2) is 7.23. The molecule has 8 nitrogen and oxygen atoms in total. The lowest BCUT2D eigenvalue weighted by molar-refractivity contribution is -0.919. The van der Waals surface area contributed by atoms with Gasteiger partial charge in [-0.2, -0.15) is 0 Å². The van der Waals surface area contributed by atoms with Gasteiger partial charge in [0.25, 0.3) is 0 Å². The molecule has 0 aliphatic carbocycles. The van der Waals surface area contributed by atoms with E-state index in [2.05, 4.69) is 7.05 Å². The number of fused-ring (bicyclic) bond motifs is 3. The number of aliphatic hydroxyl groups is 1. The molecule has 3 aliphatic rings. The Labute approximate surface area is 174 Å². The third-order valence-corrected chi connectivity index (χ3v) is 6.33. The molecule has 0 saturated carbocycles. The predicted molar refractivity (Wildman–Crippen MR) is 106 cm³/mol. The van der Waals surface area contributed by atoms with Crippen LogP contribution in [0.3, 0.4) is 0 Å². The van der Waals surface area contributed by atoms with Crippen molar-refractivity contribution in [3.63, 3.8) is 0 Å². The molecule has 0 spiro atoms. The maximum Gasteiger partial charge on any atom is 0.231 e. The van der Waals surface area contributed by atoms with E-state index >= 15 is 0 Å². The van der Waals surface area contributed by atoms with Gasteiger partial charge in [-0.1, -0.05) is 6.07 Å². The van der Waals surface area contributed by atoms with Crippen molar-refractivity contribution in [3.8, 4) is 28.7 Å². The highest BCUT2D eigenvalue weighted by Crippen LogP contribution is 2.54. The van der Waals surface area contributed by atoms with Crippen LogP contribution in [0.5, 0.6) is 28.7 Å². The Balaban J connectivity index is 1.68. The van der Waals surface area contributed by atoms with E-state index in [9.17, 15) is 5.11 Å². The lowest BCUT2D eigenvalue weighted by Crippen LogP contribution is -3.11. The molecule has 0 aromatic heterocycles. The van der Waals surface area contributed by atoms with Crippen molar-refractivity contribution in [2.45, 2.75) is 24.9 Å². The molecule has 4 atom stereocenters. The maximum atomic E-state index is 10.8. The van der Waals surface area contributed by atoms with Crippen LogP contribution in [0.2, 0.25) is 0 Å². The van der Waals surface area contributed by atoms with Gasteiger partial charge in [-0.05, 0) is 23.3 Å². The normalized spacial score (nSPS) is 26.2. The molecular weight excluding hydrogens is 390 g/mol. The monoisotopic (exact) mass is 416 g/mol. The summed E-state index contributed by atoms with van der Waals surface area (Å²) in [6, 6.07) is 5.73. The lowest BCUT2D eigenvalue weighted by Gasteiger charge is -2.36. The Bertz CT molecular complexity index is 992. The number of methoxy groups -OCH3 is 3. The molecular formula is C22H26NO7+. The summed E-state index contributed by atoms with van der Waals surface area (Å²) in [4.78, 5) is 1.26. The Morgan fingerprint density at radius 1 is 1.03 bits per heavy atom. The van der Waals surface area contributed by atoms with E-state index in [-0.39, 0.29) is 18.9 Å². The molecule has 0 amide bonds.